The summed E-state index contributed by atoms with van der Waals surface area (Å²) in [6.45, 7) is 7.65. The molecule has 0 bridgehead atoms. The average Bonchev–Trinajstić information content (AvgIpc) is 2.70. The summed E-state index contributed by atoms with van der Waals surface area (Å²) in [7, 11) is -0.605. The number of aryl methyl sites for hydroxylation is 1. The van der Waals surface area contributed by atoms with Gasteiger partial charge in [-0.2, -0.15) is 0 Å². The zero-order chi connectivity index (χ0) is 23.3. The van der Waals surface area contributed by atoms with Gasteiger partial charge in [-0.1, -0.05) is 26.0 Å². The van der Waals surface area contributed by atoms with Crippen molar-refractivity contribution in [3.8, 4) is 11.5 Å². The van der Waals surface area contributed by atoms with Gasteiger partial charge >= 0.3 is 0 Å². The number of amides is 1. The molecule has 0 saturated carbocycles. The summed E-state index contributed by atoms with van der Waals surface area (Å²) in [6, 6.07) is 10.4. The van der Waals surface area contributed by atoms with Crippen LogP contribution in [0.2, 0.25) is 0 Å². The topological polar surface area (TPSA) is 84.9 Å². The molecule has 1 N–H and O–H groups in total. The van der Waals surface area contributed by atoms with Crippen LogP contribution in [0.25, 0.3) is 0 Å². The first-order valence-electron chi connectivity index (χ1n) is 10.1. The Bertz CT molecular complexity index is 1030. The van der Waals surface area contributed by atoms with Crippen molar-refractivity contribution < 1.29 is 22.7 Å². The molecule has 8 heteroatoms. The third-order valence-electron chi connectivity index (χ3n) is 5.13. The number of para-hydroxylation sites is 2. The highest BCUT2D eigenvalue weighted by Gasteiger charge is 2.25. The maximum absolute atomic E-state index is 12.8. The van der Waals surface area contributed by atoms with E-state index in [4.69, 9.17) is 9.47 Å². The van der Waals surface area contributed by atoms with E-state index in [0.717, 1.165) is 33.0 Å². The highest BCUT2D eigenvalue weighted by atomic mass is 32.2. The van der Waals surface area contributed by atoms with Crippen molar-refractivity contribution in [3.63, 3.8) is 0 Å². The third kappa shape index (κ3) is 5.91. The van der Waals surface area contributed by atoms with E-state index < -0.39 is 15.9 Å². The summed E-state index contributed by atoms with van der Waals surface area (Å²) in [6.07, 6.45) is 1.07. The Kier molecular flexibility index (Phi) is 7.95. The molecule has 7 nitrogen and oxygen atoms in total. The first kappa shape index (κ1) is 24.5. The first-order valence-corrected chi connectivity index (χ1v) is 11.9. The number of nitrogens with zero attached hydrogens (tertiary/aromatic N) is 1. The number of nitrogens with one attached hydrogen (secondary N) is 1. The van der Waals surface area contributed by atoms with Gasteiger partial charge < -0.3 is 14.8 Å². The number of rotatable bonds is 9. The summed E-state index contributed by atoms with van der Waals surface area (Å²) in [4.78, 5) is 12.8. The lowest BCUT2D eigenvalue weighted by atomic mass is 9.93. The molecule has 0 unspecified atom stereocenters. The van der Waals surface area contributed by atoms with Gasteiger partial charge in [-0.3, -0.25) is 9.10 Å². The fourth-order valence-corrected chi connectivity index (χ4v) is 4.38. The van der Waals surface area contributed by atoms with Gasteiger partial charge in [0.05, 0.1) is 32.2 Å². The molecule has 2 rings (SSSR count). The van der Waals surface area contributed by atoms with Crippen LogP contribution in [0.15, 0.2) is 36.4 Å². The molecule has 0 radical (unpaired) electrons. The summed E-state index contributed by atoms with van der Waals surface area (Å²) in [5, 5.41) is 2.92. The fraction of sp³-hybridized carbons (Fsp3) is 0.435. The number of carbonyl (C=O) groups excluding carboxylic acids is 1. The normalized spacial score (nSPS) is 12.4. The molecule has 170 valence electrons. The molecule has 2 aromatic rings. The minimum Gasteiger partial charge on any atom is -0.496 e. The smallest absolute Gasteiger partial charge is 0.241 e. The van der Waals surface area contributed by atoms with Gasteiger partial charge in [0.25, 0.3) is 0 Å². The number of sulfonamides is 1. The molecular weight excluding hydrogens is 416 g/mol. The molecule has 0 fully saturated rings. The first-order chi connectivity index (χ1) is 14.5. The maximum atomic E-state index is 12.8. The van der Waals surface area contributed by atoms with Crippen LogP contribution in [0.3, 0.4) is 0 Å². The van der Waals surface area contributed by atoms with Gasteiger partial charge in [-0.05, 0) is 60.7 Å². The Morgan fingerprint density at radius 3 is 2.19 bits per heavy atom. The van der Waals surface area contributed by atoms with Crippen LogP contribution in [0.4, 0.5) is 5.69 Å². The highest BCUT2D eigenvalue weighted by molar-refractivity contribution is 7.92. The summed E-state index contributed by atoms with van der Waals surface area (Å²) in [5.41, 5.74) is 3.31. The molecule has 31 heavy (non-hydrogen) atoms. The molecule has 0 aromatic heterocycles. The number of hydrogen-bond acceptors (Lipinski definition) is 5. The zero-order valence-electron chi connectivity index (χ0n) is 19.2. The van der Waals surface area contributed by atoms with Crippen LogP contribution in [-0.4, -0.2) is 41.3 Å². The van der Waals surface area contributed by atoms with Crippen molar-refractivity contribution in [2.45, 2.75) is 39.7 Å². The summed E-state index contributed by atoms with van der Waals surface area (Å²) in [5.74, 6) is 1.03. The lowest BCUT2D eigenvalue weighted by Gasteiger charge is -2.25. The minimum atomic E-state index is -3.71. The largest absolute Gasteiger partial charge is 0.496 e. The molecule has 2 aromatic carbocycles. The second kappa shape index (κ2) is 10.0. The molecule has 0 aliphatic carbocycles. The van der Waals surface area contributed by atoms with Gasteiger partial charge in [0, 0.05) is 0 Å². The Morgan fingerprint density at radius 1 is 1.03 bits per heavy atom. The van der Waals surface area contributed by atoms with E-state index in [0.29, 0.717) is 11.4 Å². The minimum absolute atomic E-state index is 0.253. The number of methoxy groups -OCH3 is 2. The van der Waals surface area contributed by atoms with Crippen molar-refractivity contribution in [1.82, 2.24) is 5.32 Å². The van der Waals surface area contributed by atoms with Crippen molar-refractivity contribution in [3.05, 3.63) is 53.1 Å². The van der Waals surface area contributed by atoms with E-state index in [9.17, 15) is 13.2 Å². The van der Waals surface area contributed by atoms with Crippen LogP contribution in [-0.2, 0) is 14.8 Å². The van der Waals surface area contributed by atoms with E-state index in [-0.39, 0.29) is 18.5 Å². The van der Waals surface area contributed by atoms with E-state index in [1.54, 1.807) is 31.4 Å². The Balaban J connectivity index is 2.28. The van der Waals surface area contributed by atoms with Gasteiger partial charge in [0.2, 0.25) is 15.9 Å². The molecule has 0 aliphatic rings. The van der Waals surface area contributed by atoms with Gasteiger partial charge in [0.15, 0.2) is 0 Å². The quantitative estimate of drug-likeness (QED) is 0.631. The standard InChI is InChI=1S/C23H32N2O5S/c1-15(2)18-13-19(16(3)12-22(18)30-6)17(4)24-23(26)14-25(31(7,27)28)20-10-8-9-11-21(20)29-5/h8-13,15,17H,14H2,1-7H3,(H,24,26)/t17-/m0/s1. The Morgan fingerprint density at radius 2 is 1.65 bits per heavy atom. The van der Waals surface area contributed by atoms with Gasteiger partial charge in [0.1, 0.15) is 18.0 Å². The van der Waals surface area contributed by atoms with E-state index in [2.05, 4.69) is 19.2 Å². The van der Waals surface area contributed by atoms with Crippen molar-refractivity contribution in [2.24, 2.45) is 0 Å². The van der Waals surface area contributed by atoms with E-state index >= 15 is 0 Å². The molecular formula is C23H32N2O5S. The maximum Gasteiger partial charge on any atom is 0.241 e. The number of ether oxygens (including phenoxy) is 2. The van der Waals surface area contributed by atoms with Crippen molar-refractivity contribution in [2.75, 3.05) is 31.3 Å². The third-order valence-corrected chi connectivity index (χ3v) is 6.25. The molecule has 0 saturated heterocycles. The van der Waals surface area contributed by atoms with Gasteiger partial charge in [-0.25, -0.2) is 8.42 Å². The highest BCUT2D eigenvalue weighted by Crippen LogP contribution is 2.32. The van der Waals surface area contributed by atoms with E-state index in [1.807, 2.05) is 26.0 Å². The summed E-state index contributed by atoms with van der Waals surface area (Å²) < 4.78 is 36.6. The van der Waals surface area contributed by atoms with Gasteiger partial charge in [-0.15, -0.1) is 0 Å². The Hall–Kier alpha value is -2.74. The number of anilines is 1. The molecule has 0 spiro atoms. The predicted octanol–water partition coefficient (Wildman–Crippen LogP) is 3.78. The van der Waals surface area contributed by atoms with E-state index in [1.165, 1.54) is 7.11 Å². The molecule has 0 heterocycles. The van der Waals surface area contributed by atoms with Crippen LogP contribution in [0.5, 0.6) is 11.5 Å². The molecule has 1 amide bonds. The molecule has 0 aliphatic heterocycles. The lowest BCUT2D eigenvalue weighted by molar-refractivity contribution is -0.120. The zero-order valence-corrected chi connectivity index (χ0v) is 20.0. The second-order valence-electron chi connectivity index (χ2n) is 7.84. The average molecular weight is 449 g/mol. The predicted molar refractivity (Wildman–Crippen MR) is 124 cm³/mol. The monoisotopic (exact) mass is 448 g/mol. The number of hydrogen-bond donors (Lipinski definition) is 1. The number of carbonyl (C=O) groups is 1. The lowest BCUT2D eigenvalue weighted by Crippen LogP contribution is -2.41. The number of benzene rings is 2. The SMILES string of the molecule is COc1cc(C)c([C@H](C)NC(=O)CN(c2ccccc2OC)S(C)(=O)=O)cc1C(C)C. The fourth-order valence-electron chi connectivity index (χ4n) is 3.52. The van der Waals surface area contributed by atoms with Crippen LogP contribution in [0.1, 0.15) is 49.4 Å². The van der Waals surface area contributed by atoms with Crippen molar-refractivity contribution >= 4 is 21.6 Å². The van der Waals surface area contributed by atoms with Crippen LogP contribution >= 0.6 is 0 Å². The van der Waals surface area contributed by atoms with Crippen LogP contribution in [0, 0.1) is 6.92 Å². The Labute approximate surface area is 185 Å². The second-order valence-corrected chi connectivity index (χ2v) is 9.74. The van der Waals surface area contributed by atoms with Crippen molar-refractivity contribution in [1.29, 1.82) is 0 Å². The van der Waals surface area contributed by atoms with Crippen LogP contribution < -0.4 is 19.1 Å². The summed E-state index contributed by atoms with van der Waals surface area (Å²) >= 11 is 0. The molecule has 1 atom stereocenters.